The molecule has 0 aliphatic carbocycles. The Bertz CT molecular complexity index is 362. The first-order valence-electron chi connectivity index (χ1n) is 6.71. The zero-order valence-corrected chi connectivity index (χ0v) is 11.0. The second-order valence-corrected chi connectivity index (χ2v) is 5.43. The molecule has 0 radical (unpaired) electrons. The molecule has 0 bridgehead atoms. The Morgan fingerprint density at radius 2 is 1.94 bits per heavy atom. The molecule has 94 valence electrons. The van der Waals surface area contributed by atoms with E-state index < -0.39 is 0 Å². The van der Waals surface area contributed by atoms with Crippen LogP contribution in [0, 0.1) is 5.92 Å². The van der Waals surface area contributed by atoms with Gasteiger partial charge in [-0.3, -0.25) is 4.90 Å². The fourth-order valence-corrected chi connectivity index (χ4v) is 2.94. The summed E-state index contributed by atoms with van der Waals surface area (Å²) in [6, 6.07) is 9.44. The Labute approximate surface area is 105 Å². The predicted molar refractivity (Wildman–Crippen MR) is 72.9 cm³/mol. The summed E-state index contributed by atoms with van der Waals surface area (Å²) in [5, 5.41) is 0. The second-order valence-electron chi connectivity index (χ2n) is 5.43. The van der Waals surface area contributed by atoms with Crippen LogP contribution in [0.2, 0.25) is 0 Å². The van der Waals surface area contributed by atoms with Crippen LogP contribution in [0.3, 0.4) is 0 Å². The first-order chi connectivity index (χ1) is 8.20. The minimum absolute atomic E-state index is 0.718. The molecule has 17 heavy (non-hydrogen) atoms. The van der Waals surface area contributed by atoms with Gasteiger partial charge in [-0.2, -0.15) is 0 Å². The molecule has 2 nitrogen and oxygen atoms in total. The number of rotatable bonds is 4. The summed E-state index contributed by atoms with van der Waals surface area (Å²) < 4.78 is 0. The van der Waals surface area contributed by atoms with Crippen LogP contribution in [0.5, 0.6) is 0 Å². The molecule has 1 saturated heterocycles. The van der Waals surface area contributed by atoms with Crippen molar-refractivity contribution in [3.05, 3.63) is 35.4 Å². The van der Waals surface area contributed by atoms with Gasteiger partial charge < -0.3 is 5.73 Å². The molecule has 2 atom stereocenters. The number of nitrogens with two attached hydrogens (primary N) is 1. The Morgan fingerprint density at radius 3 is 2.53 bits per heavy atom. The largest absolute Gasteiger partial charge is 0.330 e. The van der Waals surface area contributed by atoms with Crippen LogP contribution in [0.1, 0.15) is 31.4 Å². The van der Waals surface area contributed by atoms with E-state index >= 15 is 0 Å². The molecule has 1 aliphatic rings. The molecule has 1 fully saturated rings. The number of nitrogens with zero attached hydrogens (tertiary/aromatic N) is 1. The van der Waals surface area contributed by atoms with E-state index in [1.165, 1.54) is 24.1 Å². The smallest absolute Gasteiger partial charge is 0.0239 e. The summed E-state index contributed by atoms with van der Waals surface area (Å²) in [4.78, 5) is 2.60. The van der Waals surface area contributed by atoms with Gasteiger partial charge in [-0.05, 0) is 43.4 Å². The molecule has 0 aromatic heterocycles. The normalized spacial score (nSPS) is 25.4. The fourth-order valence-electron chi connectivity index (χ4n) is 2.94. The molecule has 2 unspecified atom stereocenters. The topological polar surface area (TPSA) is 29.3 Å². The van der Waals surface area contributed by atoms with E-state index in [1.807, 2.05) is 0 Å². The van der Waals surface area contributed by atoms with Crippen molar-refractivity contribution in [2.24, 2.45) is 11.7 Å². The van der Waals surface area contributed by atoms with Crippen LogP contribution in [0.15, 0.2) is 24.3 Å². The van der Waals surface area contributed by atoms with Crippen molar-refractivity contribution >= 4 is 0 Å². The maximum absolute atomic E-state index is 5.67. The summed E-state index contributed by atoms with van der Waals surface area (Å²) >= 11 is 0. The van der Waals surface area contributed by atoms with Gasteiger partial charge in [-0.25, -0.2) is 0 Å². The first-order valence-corrected chi connectivity index (χ1v) is 6.71. The number of hydrogen-bond acceptors (Lipinski definition) is 2. The highest BCUT2D eigenvalue weighted by atomic mass is 15.2. The molecule has 0 amide bonds. The molecule has 2 rings (SSSR count). The standard InChI is InChI=1S/C15H24N2/c1-12-9-13(2)17(10-12)11-15-6-4-3-5-14(15)7-8-16/h3-6,12-13H,7-11,16H2,1-2H3. The first kappa shape index (κ1) is 12.6. The van der Waals surface area contributed by atoms with Gasteiger partial charge in [0, 0.05) is 19.1 Å². The monoisotopic (exact) mass is 232 g/mol. The second kappa shape index (κ2) is 5.65. The molecule has 2 heteroatoms. The van der Waals surface area contributed by atoms with E-state index in [0.29, 0.717) is 0 Å². The maximum Gasteiger partial charge on any atom is 0.0239 e. The highest BCUT2D eigenvalue weighted by molar-refractivity contribution is 5.27. The summed E-state index contributed by atoms with van der Waals surface area (Å²) in [6.07, 6.45) is 2.33. The number of hydrogen-bond donors (Lipinski definition) is 1. The highest BCUT2D eigenvalue weighted by Gasteiger charge is 2.26. The number of likely N-dealkylation sites (tertiary alicyclic amines) is 1. The summed E-state index contributed by atoms with van der Waals surface area (Å²) in [6.45, 7) is 7.75. The maximum atomic E-state index is 5.67. The average Bonchev–Trinajstić information content (AvgIpc) is 2.61. The Morgan fingerprint density at radius 1 is 1.24 bits per heavy atom. The van der Waals surface area contributed by atoms with Gasteiger partial charge in [0.2, 0.25) is 0 Å². The van der Waals surface area contributed by atoms with Gasteiger partial charge in [-0.15, -0.1) is 0 Å². The quantitative estimate of drug-likeness (QED) is 0.864. The Balaban J connectivity index is 2.07. The highest BCUT2D eigenvalue weighted by Crippen LogP contribution is 2.25. The Hall–Kier alpha value is -0.860. The van der Waals surface area contributed by atoms with E-state index in [0.717, 1.165) is 31.5 Å². The van der Waals surface area contributed by atoms with Crippen molar-refractivity contribution in [3.63, 3.8) is 0 Å². The average molecular weight is 232 g/mol. The van der Waals surface area contributed by atoms with Crippen LogP contribution in [-0.2, 0) is 13.0 Å². The van der Waals surface area contributed by atoms with Crippen molar-refractivity contribution in [1.82, 2.24) is 4.90 Å². The number of benzene rings is 1. The molecule has 1 aromatic carbocycles. The predicted octanol–water partition coefficient (Wildman–Crippen LogP) is 2.42. The van der Waals surface area contributed by atoms with Gasteiger partial charge in [0.15, 0.2) is 0 Å². The van der Waals surface area contributed by atoms with E-state index in [9.17, 15) is 0 Å². The van der Waals surface area contributed by atoms with E-state index in [-0.39, 0.29) is 0 Å². The zero-order chi connectivity index (χ0) is 12.3. The van der Waals surface area contributed by atoms with Crippen molar-refractivity contribution in [2.75, 3.05) is 13.1 Å². The minimum atomic E-state index is 0.718. The van der Waals surface area contributed by atoms with Crippen LogP contribution < -0.4 is 5.73 Å². The summed E-state index contributed by atoms with van der Waals surface area (Å²) in [5.74, 6) is 0.840. The molecule has 2 N–H and O–H groups in total. The molecular formula is C15H24N2. The SMILES string of the molecule is CC1CC(C)N(Cc2ccccc2CCN)C1. The van der Waals surface area contributed by atoms with Gasteiger partial charge in [0.25, 0.3) is 0 Å². The molecule has 1 aliphatic heterocycles. The van der Waals surface area contributed by atoms with Gasteiger partial charge in [0.1, 0.15) is 0 Å². The molecule has 1 aromatic rings. The van der Waals surface area contributed by atoms with Crippen molar-refractivity contribution in [3.8, 4) is 0 Å². The summed E-state index contributed by atoms with van der Waals surface area (Å²) in [5.41, 5.74) is 8.55. The zero-order valence-electron chi connectivity index (χ0n) is 11.0. The molecular weight excluding hydrogens is 208 g/mol. The van der Waals surface area contributed by atoms with E-state index in [2.05, 4.69) is 43.0 Å². The Kier molecular flexibility index (Phi) is 4.19. The van der Waals surface area contributed by atoms with Gasteiger partial charge in [-0.1, -0.05) is 31.2 Å². The van der Waals surface area contributed by atoms with Crippen molar-refractivity contribution < 1.29 is 0 Å². The fraction of sp³-hybridized carbons (Fsp3) is 0.600. The van der Waals surface area contributed by atoms with Crippen LogP contribution >= 0.6 is 0 Å². The lowest BCUT2D eigenvalue weighted by molar-refractivity contribution is 0.256. The van der Waals surface area contributed by atoms with E-state index in [4.69, 9.17) is 5.73 Å². The molecule has 0 spiro atoms. The third kappa shape index (κ3) is 3.08. The molecule has 0 saturated carbocycles. The van der Waals surface area contributed by atoms with Gasteiger partial charge in [0.05, 0.1) is 0 Å². The third-order valence-electron chi connectivity index (χ3n) is 3.82. The lowest BCUT2D eigenvalue weighted by Crippen LogP contribution is -2.27. The van der Waals surface area contributed by atoms with Crippen molar-refractivity contribution in [1.29, 1.82) is 0 Å². The van der Waals surface area contributed by atoms with Crippen LogP contribution in [0.4, 0.5) is 0 Å². The summed E-state index contributed by atoms with van der Waals surface area (Å²) in [7, 11) is 0. The lowest BCUT2D eigenvalue weighted by Gasteiger charge is -2.22. The van der Waals surface area contributed by atoms with E-state index in [1.54, 1.807) is 0 Å². The molecule has 1 heterocycles. The third-order valence-corrected chi connectivity index (χ3v) is 3.82. The minimum Gasteiger partial charge on any atom is -0.330 e. The lowest BCUT2D eigenvalue weighted by atomic mass is 10.0. The van der Waals surface area contributed by atoms with Crippen LogP contribution in [0.25, 0.3) is 0 Å². The van der Waals surface area contributed by atoms with Crippen LogP contribution in [-0.4, -0.2) is 24.0 Å². The van der Waals surface area contributed by atoms with Crippen molar-refractivity contribution in [2.45, 2.75) is 39.3 Å². The van der Waals surface area contributed by atoms with Gasteiger partial charge >= 0.3 is 0 Å².